The van der Waals surface area contributed by atoms with Gasteiger partial charge in [-0.1, -0.05) is 51.3 Å². The van der Waals surface area contributed by atoms with Gasteiger partial charge in [0, 0.05) is 5.69 Å². The molecule has 0 aliphatic carbocycles. The molecule has 15 heavy (non-hydrogen) atoms. The van der Waals surface area contributed by atoms with Crippen molar-refractivity contribution in [3.8, 4) is 0 Å². The zero-order valence-corrected chi connectivity index (χ0v) is 10.00. The van der Waals surface area contributed by atoms with E-state index in [4.69, 9.17) is 5.73 Å². The zero-order chi connectivity index (χ0) is 11.1. The van der Waals surface area contributed by atoms with Gasteiger partial charge >= 0.3 is 0 Å². The highest BCUT2D eigenvalue weighted by Crippen LogP contribution is 2.29. The number of hydrogen-bond acceptors (Lipinski definition) is 1. The summed E-state index contributed by atoms with van der Waals surface area (Å²) in [6.45, 7) is 4.50. The van der Waals surface area contributed by atoms with Crippen LogP contribution in [0.15, 0.2) is 24.3 Å². The molecular formula is C14H23N. The highest BCUT2D eigenvalue weighted by molar-refractivity contribution is 5.48. The summed E-state index contributed by atoms with van der Waals surface area (Å²) in [5.41, 5.74) is 8.30. The van der Waals surface area contributed by atoms with Crippen LogP contribution in [0, 0.1) is 0 Å². The third-order valence-corrected chi connectivity index (χ3v) is 3.08. The van der Waals surface area contributed by atoms with Gasteiger partial charge in [0.25, 0.3) is 0 Å². The average Bonchev–Trinajstić information content (AvgIpc) is 2.26. The normalized spacial score (nSPS) is 12.7. The topological polar surface area (TPSA) is 26.0 Å². The number of benzene rings is 1. The first kappa shape index (κ1) is 12.1. The largest absolute Gasteiger partial charge is 0.398 e. The van der Waals surface area contributed by atoms with Crippen molar-refractivity contribution in [3.63, 3.8) is 0 Å². The summed E-state index contributed by atoms with van der Waals surface area (Å²) in [5, 5.41) is 0. The summed E-state index contributed by atoms with van der Waals surface area (Å²) in [7, 11) is 0. The fourth-order valence-electron chi connectivity index (χ4n) is 2.10. The molecule has 0 radical (unpaired) electrons. The van der Waals surface area contributed by atoms with Crippen molar-refractivity contribution in [2.45, 2.75) is 51.9 Å². The molecule has 0 fully saturated rings. The van der Waals surface area contributed by atoms with Crippen LogP contribution in [0.25, 0.3) is 0 Å². The fraction of sp³-hybridized carbons (Fsp3) is 0.571. The van der Waals surface area contributed by atoms with Crippen molar-refractivity contribution >= 4 is 5.69 Å². The number of unbranched alkanes of at least 4 members (excludes halogenated alkanes) is 2. The van der Waals surface area contributed by atoms with Crippen molar-refractivity contribution in [2.24, 2.45) is 0 Å². The molecule has 0 spiro atoms. The van der Waals surface area contributed by atoms with Gasteiger partial charge in [0.1, 0.15) is 0 Å². The molecule has 1 rings (SSSR count). The highest BCUT2D eigenvalue weighted by atomic mass is 14.6. The Bertz CT molecular complexity index is 280. The lowest BCUT2D eigenvalue weighted by Gasteiger charge is -2.17. The maximum absolute atomic E-state index is 6.00. The van der Waals surface area contributed by atoms with Gasteiger partial charge in [-0.15, -0.1) is 0 Å². The van der Waals surface area contributed by atoms with Crippen LogP contribution in [-0.4, -0.2) is 0 Å². The maximum atomic E-state index is 6.00. The lowest BCUT2D eigenvalue weighted by atomic mass is 9.90. The molecule has 1 atom stereocenters. The fourth-order valence-corrected chi connectivity index (χ4v) is 2.10. The van der Waals surface area contributed by atoms with E-state index in [2.05, 4.69) is 26.0 Å². The molecule has 0 amide bonds. The molecule has 1 heteroatoms. The van der Waals surface area contributed by atoms with Crippen molar-refractivity contribution in [1.29, 1.82) is 0 Å². The van der Waals surface area contributed by atoms with Crippen LogP contribution in [0.3, 0.4) is 0 Å². The Balaban J connectivity index is 2.61. The Kier molecular flexibility index (Phi) is 5.23. The predicted octanol–water partition coefficient (Wildman–Crippen LogP) is 4.34. The summed E-state index contributed by atoms with van der Waals surface area (Å²) in [6.07, 6.45) is 6.42. The summed E-state index contributed by atoms with van der Waals surface area (Å²) in [6, 6.07) is 8.29. The minimum absolute atomic E-state index is 0.651. The molecular weight excluding hydrogens is 182 g/mol. The SMILES string of the molecule is CCCCCC(CC)c1ccccc1N. The summed E-state index contributed by atoms with van der Waals surface area (Å²) in [4.78, 5) is 0. The standard InChI is InChI=1S/C14H23N/c1-3-5-6-9-12(4-2)13-10-7-8-11-14(13)15/h7-8,10-12H,3-6,9,15H2,1-2H3. The van der Waals surface area contributed by atoms with E-state index in [-0.39, 0.29) is 0 Å². The molecule has 2 N–H and O–H groups in total. The highest BCUT2D eigenvalue weighted by Gasteiger charge is 2.10. The van der Waals surface area contributed by atoms with Crippen molar-refractivity contribution in [3.05, 3.63) is 29.8 Å². The van der Waals surface area contributed by atoms with Gasteiger partial charge in [-0.2, -0.15) is 0 Å². The number of nitrogen functional groups attached to an aromatic ring is 1. The zero-order valence-electron chi connectivity index (χ0n) is 10.00. The second-order valence-electron chi connectivity index (χ2n) is 4.23. The molecule has 0 saturated heterocycles. The maximum Gasteiger partial charge on any atom is 0.0349 e. The van der Waals surface area contributed by atoms with E-state index in [0.717, 1.165) is 5.69 Å². The van der Waals surface area contributed by atoms with Gasteiger partial charge in [-0.25, -0.2) is 0 Å². The lowest BCUT2D eigenvalue weighted by molar-refractivity contribution is 0.554. The van der Waals surface area contributed by atoms with E-state index in [0.29, 0.717) is 5.92 Å². The lowest BCUT2D eigenvalue weighted by Crippen LogP contribution is -2.01. The quantitative estimate of drug-likeness (QED) is 0.542. The second kappa shape index (κ2) is 6.49. The van der Waals surface area contributed by atoms with Crippen LogP contribution < -0.4 is 5.73 Å². The summed E-state index contributed by atoms with van der Waals surface area (Å²) < 4.78 is 0. The molecule has 1 aromatic carbocycles. The second-order valence-corrected chi connectivity index (χ2v) is 4.23. The van der Waals surface area contributed by atoms with Crippen LogP contribution in [0.2, 0.25) is 0 Å². The molecule has 0 aliphatic heterocycles. The summed E-state index contributed by atoms with van der Waals surface area (Å²) >= 11 is 0. The summed E-state index contributed by atoms with van der Waals surface area (Å²) in [5.74, 6) is 0.651. The van der Waals surface area contributed by atoms with E-state index < -0.39 is 0 Å². The van der Waals surface area contributed by atoms with Gasteiger partial charge < -0.3 is 5.73 Å². The molecule has 1 unspecified atom stereocenters. The number of para-hydroxylation sites is 1. The van der Waals surface area contributed by atoms with Gasteiger partial charge in [-0.3, -0.25) is 0 Å². The molecule has 84 valence electrons. The van der Waals surface area contributed by atoms with Crippen LogP contribution in [0.1, 0.15) is 57.4 Å². The van der Waals surface area contributed by atoms with Crippen molar-refractivity contribution in [2.75, 3.05) is 5.73 Å². The molecule has 1 aromatic rings. The molecule has 1 nitrogen and oxygen atoms in total. The van der Waals surface area contributed by atoms with E-state index in [1.54, 1.807) is 0 Å². The van der Waals surface area contributed by atoms with E-state index in [1.165, 1.54) is 37.7 Å². The molecule has 0 bridgehead atoms. The van der Waals surface area contributed by atoms with E-state index in [9.17, 15) is 0 Å². The molecule has 0 aromatic heterocycles. The van der Waals surface area contributed by atoms with Gasteiger partial charge in [0.2, 0.25) is 0 Å². The van der Waals surface area contributed by atoms with Gasteiger partial charge in [-0.05, 0) is 30.4 Å². The van der Waals surface area contributed by atoms with Gasteiger partial charge in [0.15, 0.2) is 0 Å². The Morgan fingerprint density at radius 3 is 2.47 bits per heavy atom. The molecule has 0 heterocycles. The van der Waals surface area contributed by atoms with E-state index >= 15 is 0 Å². The average molecular weight is 205 g/mol. The monoisotopic (exact) mass is 205 g/mol. The predicted molar refractivity (Wildman–Crippen MR) is 68.0 cm³/mol. The van der Waals surface area contributed by atoms with Crippen molar-refractivity contribution in [1.82, 2.24) is 0 Å². The smallest absolute Gasteiger partial charge is 0.0349 e. The number of rotatable bonds is 6. The Hall–Kier alpha value is -0.980. The van der Waals surface area contributed by atoms with Crippen LogP contribution in [-0.2, 0) is 0 Å². The van der Waals surface area contributed by atoms with Crippen molar-refractivity contribution < 1.29 is 0 Å². The minimum atomic E-state index is 0.651. The molecule has 0 saturated carbocycles. The molecule has 0 aliphatic rings. The number of hydrogen-bond donors (Lipinski definition) is 1. The third kappa shape index (κ3) is 3.58. The van der Waals surface area contributed by atoms with Crippen LogP contribution >= 0.6 is 0 Å². The Labute approximate surface area is 93.7 Å². The first-order valence-corrected chi connectivity index (χ1v) is 6.14. The van der Waals surface area contributed by atoms with Crippen LogP contribution in [0.4, 0.5) is 5.69 Å². The van der Waals surface area contributed by atoms with Gasteiger partial charge in [0.05, 0.1) is 0 Å². The van der Waals surface area contributed by atoms with Crippen LogP contribution in [0.5, 0.6) is 0 Å². The van der Waals surface area contributed by atoms with E-state index in [1.807, 2.05) is 12.1 Å². The Morgan fingerprint density at radius 2 is 1.87 bits per heavy atom. The minimum Gasteiger partial charge on any atom is -0.398 e. The first-order chi connectivity index (χ1) is 7.29. The number of nitrogens with two attached hydrogens (primary N) is 1. The third-order valence-electron chi connectivity index (χ3n) is 3.08. The number of anilines is 1. The Morgan fingerprint density at radius 1 is 1.13 bits per heavy atom. The first-order valence-electron chi connectivity index (χ1n) is 6.14.